The molecule has 0 aliphatic carbocycles. The highest BCUT2D eigenvalue weighted by Gasteiger charge is 2.04. The van der Waals surface area contributed by atoms with Crippen LogP contribution < -0.4 is 4.74 Å². The molecule has 0 N–H and O–H groups in total. The Morgan fingerprint density at radius 1 is 1.12 bits per heavy atom. The van der Waals surface area contributed by atoms with Gasteiger partial charge < -0.3 is 4.74 Å². The van der Waals surface area contributed by atoms with Gasteiger partial charge in [-0.1, -0.05) is 18.2 Å². The number of pyridine rings is 1. The molecule has 4 heteroatoms. The largest absolute Gasteiger partial charge is 0.437 e. The molecule has 0 spiro atoms. The Morgan fingerprint density at radius 3 is 2.69 bits per heavy atom. The summed E-state index contributed by atoms with van der Waals surface area (Å²) in [4.78, 5) is 17.7. The molecule has 0 saturated heterocycles. The lowest BCUT2D eigenvalue weighted by Crippen LogP contribution is -1.87. The van der Waals surface area contributed by atoms with Gasteiger partial charge in [0.05, 0.1) is 0 Å². The van der Waals surface area contributed by atoms with E-state index in [-0.39, 0.29) is 5.88 Å². The first-order valence-corrected chi connectivity index (χ1v) is 4.66. The molecular formula is C12H8N2O2. The number of isocyanates is 1. The molecule has 0 fully saturated rings. The lowest BCUT2D eigenvalue weighted by molar-refractivity contribution is 0.464. The van der Waals surface area contributed by atoms with Crippen LogP contribution in [0.3, 0.4) is 0 Å². The van der Waals surface area contributed by atoms with Crippen molar-refractivity contribution in [3.8, 4) is 11.6 Å². The van der Waals surface area contributed by atoms with Crippen LogP contribution in [0.2, 0.25) is 0 Å². The third-order valence-corrected chi connectivity index (χ3v) is 1.87. The fourth-order valence-corrected chi connectivity index (χ4v) is 1.20. The number of aliphatic imine (C=N–C) groups is 1. The molecule has 2 aromatic rings. The molecular weight excluding hydrogens is 204 g/mol. The van der Waals surface area contributed by atoms with Gasteiger partial charge in [-0.05, 0) is 24.3 Å². The number of para-hydroxylation sites is 1. The Hall–Kier alpha value is -2.45. The summed E-state index contributed by atoms with van der Waals surface area (Å²) in [7, 11) is 0. The van der Waals surface area contributed by atoms with Gasteiger partial charge in [-0.3, -0.25) is 0 Å². The van der Waals surface area contributed by atoms with Gasteiger partial charge in [0.25, 0.3) is 0 Å². The molecule has 16 heavy (non-hydrogen) atoms. The zero-order valence-electron chi connectivity index (χ0n) is 8.33. The van der Waals surface area contributed by atoms with Crippen molar-refractivity contribution in [3.05, 3.63) is 48.7 Å². The van der Waals surface area contributed by atoms with Crippen molar-refractivity contribution in [2.24, 2.45) is 4.99 Å². The normalized spacial score (nSPS) is 9.25. The Balaban J connectivity index is 2.31. The van der Waals surface area contributed by atoms with Gasteiger partial charge in [-0.2, -0.15) is 4.99 Å². The Kier molecular flexibility index (Phi) is 3.07. The van der Waals surface area contributed by atoms with E-state index in [0.717, 1.165) is 0 Å². The zero-order valence-corrected chi connectivity index (χ0v) is 8.33. The molecule has 0 atom stereocenters. The van der Waals surface area contributed by atoms with Crippen LogP contribution in [0.5, 0.6) is 11.6 Å². The molecule has 0 saturated carbocycles. The highest BCUT2D eigenvalue weighted by Crippen LogP contribution is 2.28. The van der Waals surface area contributed by atoms with Crippen molar-refractivity contribution in [2.75, 3.05) is 0 Å². The van der Waals surface area contributed by atoms with Crippen LogP contribution in [0.25, 0.3) is 0 Å². The molecule has 4 nitrogen and oxygen atoms in total. The van der Waals surface area contributed by atoms with E-state index in [2.05, 4.69) is 9.98 Å². The minimum atomic E-state index is 0.289. The average Bonchev–Trinajstić information content (AvgIpc) is 2.33. The fraction of sp³-hybridized carbons (Fsp3) is 0. The van der Waals surface area contributed by atoms with Crippen LogP contribution in [0.1, 0.15) is 0 Å². The van der Waals surface area contributed by atoms with Gasteiger partial charge in [-0.25, -0.2) is 9.78 Å². The first-order valence-electron chi connectivity index (χ1n) is 4.66. The van der Waals surface area contributed by atoms with Crippen molar-refractivity contribution in [1.29, 1.82) is 0 Å². The number of hydrogen-bond donors (Lipinski definition) is 0. The molecule has 1 aromatic carbocycles. The average molecular weight is 212 g/mol. The summed E-state index contributed by atoms with van der Waals surface area (Å²) in [5.74, 6) is 0.931. The molecule has 1 heterocycles. The summed E-state index contributed by atoms with van der Waals surface area (Å²) in [6.45, 7) is 0. The van der Waals surface area contributed by atoms with Crippen molar-refractivity contribution < 1.29 is 9.53 Å². The van der Waals surface area contributed by atoms with Gasteiger partial charge in [0.2, 0.25) is 12.0 Å². The van der Waals surface area contributed by atoms with Crippen LogP contribution in [0.4, 0.5) is 5.69 Å². The predicted molar refractivity (Wildman–Crippen MR) is 58.5 cm³/mol. The van der Waals surface area contributed by atoms with Crippen LogP contribution in [-0.4, -0.2) is 11.1 Å². The van der Waals surface area contributed by atoms with Gasteiger partial charge in [0.1, 0.15) is 11.4 Å². The van der Waals surface area contributed by atoms with E-state index >= 15 is 0 Å². The highest BCUT2D eigenvalue weighted by atomic mass is 16.5. The molecule has 0 radical (unpaired) electrons. The van der Waals surface area contributed by atoms with Crippen molar-refractivity contribution in [2.45, 2.75) is 0 Å². The quantitative estimate of drug-likeness (QED) is 0.580. The SMILES string of the molecule is O=C=Nc1cccnc1Oc1ccccc1. The van der Waals surface area contributed by atoms with E-state index in [1.165, 1.54) is 6.08 Å². The van der Waals surface area contributed by atoms with E-state index < -0.39 is 0 Å². The second-order valence-corrected chi connectivity index (χ2v) is 2.95. The maximum absolute atomic E-state index is 10.2. The minimum absolute atomic E-state index is 0.289. The first kappa shape index (κ1) is 10.1. The fourth-order valence-electron chi connectivity index (χ4n) is 1.20. The van der Waals surface area contributed by atoms with Crippen molar-refractivity contribution in [3.63, 3.8) is 0 Å². The summed E-state index contributed by atoms with van der Waals surface area (Å²) in [6.07, 6.45) is 3.04. The summed E-state index contributed by atoms with van der Waals surface area (Å²) in [5.41, 5.74) is 0.362. The Morgan fingerprint density at radius 2 is 1.94 bits per heavy atom. The van der Waals surface area contributed by atoms with Gasteiger partial charge >= 0.3 is 0 Å². The summed E-state index contributed by atoms with van der Waals surface area (Å²) >= 11 is 0. The maximum Gasteiger partial charge on any atom is 0.246 e. The topological polar surface area (TPSA) is 51.5 Å². The summed E-state index contributed by atoms with van der Waals surface area (Å²) in [6, 6.07) is 12.5. The number of rotatable bonds is 3. The Bertz CT molecular complexity index is 520. The number of hydrogen-bond acceptors (Lipinski definition) is 4. The lowest BCUT2D eigenvalue weighted by atomic mass is 10.3. The smallest absolute Gasteiger partial charge is 0.246 e. The molecule has 0 amide bonds. The van der Waals surface area contributed by atoms with Crippen LogP contribution in [0, 0.1) is 0 Å². The van der Waals surface area contributed by atoms with Crippen molar-refractivity contribution >= 4 is 11.8 Å². The lowest BCUT2D eigenvalue weighted by Gasteiger charge is -2.05. The second-order valence-electron chi connectivity index (χ2n) is 2.95. The van der Waals surface area contributed by atoms with Crippen LogP contribution >= 0.6 is 0 Å². The summed E-state index contributed by atoms with van der Waals surface area (Å²) in [5, 5.41) is 0. The highest BCUT2D eigenvalue weighted by molar-refractivity contribution is 5.55. The number of benzene rings is 1. The standard InChI is InChI=1S/C12H8N2O2/c15-9-14-11-7-4-8-13-12(11)16-10-5-2-1-3-6-10/h1-8H. The van der Waals surface area contributed by atoms with Gasteiger partial charge in [0, 0.05) is 6.20 Å². The van der Waals surface area contributed by atoms with Crippen LogP contribution in [-0.2, 0) is 4.79 Å². The van der Waals surface area contributed by atoms with E-state index in [9.17, 15) is 4.79 Å². The second kappa shape index (κ2) is 4.87. The third-order valence-electron chi connectivity index (χ3n) is 1.87. The molecule has 1 aromatic heterocycles. The molecule has 0 aliphatic rings. The van der Waals surface area contributed by atoms with E-state index in [4.69, 9.17) is 4.74 Å². The Labute approximate surface area is 92.2 Å². The van der Waals surface area contributed by atoms with Gasteiger partial charge in [-0.15, -0.1) is 0 Å². The molecule has 0 aliphatic heterocycles. The zero-order chi connectivity index (χ0) is 11.2. The van der Waals surface area contributed by atoms with E-state index in [1.807, 2.05) is 18.2 Å². The van der Waals surface area contributed by atoms with Crippen LogP contribution in [0.15, 0.2) is 53.7 Å². The summed E-state index contributed by atoms with van der Waals surface area (Å²) < 4.78 is 5.48. The number of nitrogens with zero attached hydrogens (tertiary/aromatic N) is 2. The molecule has 0 bridgehead atoms. The van der Waals surface area contributed by atoms with E-state index in [1.54, 1.807) is 30.5 Å². The number of carbonyl (C=O) groups excluding carboxylic acids is 1. The van der Waals surface area contributed by atoms with E-state index in [0.29, 0.717) is 11.4 Å². The number of ether oxygens (including phenoxy) is 1. The minimum Gasteiger partial charge on any atom is -0.437 e. The van der Waals surface area contributed by atoms with Gasteiger partial charge in [0.15, 0.2) is 0 Å². The monoisotopic (exact) mass is 212 g/mol. The third kappa shape index (κ3) is 2.32. The number of aromatic nitrogens is 1. The molecule has 0 unspecified atom stereocenters. The predicted octanol–water partition coefficient (Wildman–Crippen LogP) is 2.84. The molecule has 2 rings (SSSR count). The van der Waals surface area contributed by atoms with Crippen molar-refractivity contribution in [1.82, 2.24) is 4.98 Å². The maximum atomic E-state index is 10.2. The molecule has 78 valence electrons. The first-order chi connectivity index (χ1) is 7.90.